The maximum atomic E-state index is 13.6. The molecule has 47 heavy (non-hydrogen) atoms. The zero-order valence-corrected chi connectivity index (χ0v) is 28.8. The topological polar surface area (TPSA) is 127 Å². The average Bonchev–Trinajstić information content (AvgIpc) is 2.97. The molecule has 5 rings (SSSR count). The lowest BCUT2D eigenvalue weighted by molar-refractivity contribution is -0.247. The number of esters is 1. The number of hydrogen-bond acceptors (Lipinski definition) is 8. The molecule has 8 nitrogen and oxygen atoms in total. The van der Waals surface area contributed by atoms with Crippen LogP contribution in [-0.2, 0) is 29.8 Å². The van der Waals surface area contributed by atoms with Gasteiger partial charge in [0.25, 0.3) is 0 Å². The van der Waals surface area contributed by atoms with Crippen molar-refractivity contribution in [3.63, 3.8) is 0 Å². The van der Waals surface area contributed by atoms with Crippen LogP contribution in [0.5, 0.6) is 5.75 Å². The van der Waals surface area contributed by atoms with Crippen LogP contribution in [0.2, 0.25) is 0 Å². The van der Waals surface area contributed by atoms with E-state index in [2.05, 4.69) is 18.0 Å². The molecular formula is C31H43F6O8S2-. The van der Waals surface area contributed by atoms with Gasteiger partial charge in [-0.15, -0.1) is 0 Å². The third-order valence-corrected chi connectivity index (χ3v) is 12.6. The van der Waals surface area contributed by atoms with Gasteiger partial charge >= 0.3 is 32.5 Å². The van der Waals surface area contributed by atoms with E-state index in [0.717, 1.165) is 36.8 Å². The lowest BCUT2D eigenvalue weighted by Gasteiger charge is -2.60. The van der Waals surface area contributed by atoms with E-state index >= 15 is 0 Å². The van der Waals surface area contributed by atoms with Crippen molar-refractivity contribution in [2.75, 3.05) is 0 Å². The Morgan fingerprint density at radius 2 is 1.34 bits per heavy atom. The molecule has 0 spiro atoms. The van der Waals surface area contributed by atoms with Crippen LogP contribution in [0.15, 0.2) is 24.3 Å². The van der Waals surface area contributed by atoms with Crippen molar-refractivity contribution in [2.45, 2.75) is 121 Å². The van der Waals surface area contributed by atoms with Crippen LogP contribution in [0.25, 0.3) is 0 Å². The molecule has 1 atom stereocenters. The molecule has 0 heterocycles. The fourth-order valence-corrected chi connectivity index (χ4v) is 8.42. The second kappa shape index (κ2) is 13.3. The Bertz CT molecular complexity index is 1470. The number of alkyl halides is 6. The normalized spacial score (nSPS) is 27.1. The molecule has 0 aliphatic heterocycles. The minimum Gasteiger partial charge on any atom is -0.743 e. The van der Waals surface area contributed by atoms with Crippen molar-refractivity contribution in [2.24, 2.45) is 29.1 Å². The van der Waals surface area contributed by atoms with Crippen molar-refractivity contribution in [3.05, 3.63) is 29.8 Å². The van der Waals surface area contributed by atoms with Crippen LogP contribution >= 0.6 is 0 Å². The minimum atomic E-state index is -7.33. The third-order valence-electron chi connectivity index (χ3n) is 10.4. The van der Waals surface area contributed by atoms with Crippen molar-refractivity contribution < 1.29 is 61.4 Å². The van der Waals surface area contributed by atoms with Gasteiger partial charge in [-0.1, -0.05) is 39.8 Å². The van der Waals surface area contributed by atoms with E-state index in [1.165, 1.54) is 44.2 Å². The molecule has 1 unspecified atom stereocenters. The van der Waals surface area contributed by atoms with E-state index in [1.807, 2.05) is 20.8 Å². The summed E-state index contributed by atoms with van der Waals surface area (Å²) >= 11 is 0. The quantitative estimate of drug-likeness (QED) is 0.0925. The molecule has 16 heteroatoms. The van der Waals surface area contributed by atoms with Crippen LogP contribution in [0.3, 0.4) is 0 Å². The van der Waals surface area contributed by atoms with Crippen molar-refractivity contribution in [1.82, 2.24) is 0 Å². The van der Waals surface area contributed by atoms with Crippen molar-refractivity contribution >= 4 is 26.2 Å². The molecule has 0 amide bonds. The second-order valence-corrected chi connectivity index (χ2v) is 16.7. The molecule has 4 saturated carbocycles. The summed E-state index contributed by atoms with van der Waals surface area (Å²) in [5.41, 5.74) is 0.150. The third kappa shape index (κ3) is 7.15. The fourth-order valence-electron chi connectivity index (χ4n) is 7.00. The van der Waals surface area contributed by atoms with Gasteiger partial charge in [0.05, 0.1) is 5.41 Å². The lowest BCUT2D eigenvalue weighted by atomic mass is 9.49. The summed E-state index contributed by atoms with van der Waals surface area (Å²) in [6.45, 7) is 11.9. The highest BCUT2D eigenvalue weighted by Gasteiger charge is 2.81. The molecule has 4 bridgehead atoms. The second-order valence-electron chi connectivity index (χ2n) is 13.7. The standard InChI is InChI=1S/C18H30O2.C13H14F6O6S2/c1-5-17(3,4)16(19)20-18(6-2)14-8-12-7-13(10-14)11-15(18)9-12;1-3-8(2)9-4-6-10(7-5-9)25-27(23,24)13(18,19)11(14,15)12(16,17)26(20,21)22/h12-15H,5-11H2,1-4H3;4-8H,3H2,1-2H3,(H,20,21,22)/p-1. The van der Waals surface area contributed by atoms with Crippen LogP contribution in [0.1, 0.15) is 104 Å². The maximum Gasteiger partial charge on any atom is 0.450 e. The predicted molar refractivity (Wildman–Crippen MR) is 159 cm³/mol. The first kappa shape index (κ1) is 39.4. The summed E-state index contributed by atoms with van der Waals surface area (Å²) in [6.07, 6.45) is 9.19. The lowest BCUT2D eigenvalue weighted by Crippen LogP contribution is -2.61. The molecule has 0 saturated heterocycles. The highest BCUT2D eigenvalue weighted by Crippen LogP contribution is 2.61. The molecular weight excluding hydrogens is 678 g/mol. The van der Waals surface area contributed by atoms with Gasteiger partial charge in [0, 0.05) is 0 Å². The highest BCUT2D eigenvalue weighted by atomic mass is 32.2. The van der Waals surface area contributed by atoms with Crippen molar-refractivity contribution in [3.8, 4) is 5.75 Å². The maximum absolute atomic E-state index is 13.6. The molecule has 0 radical (unpaired) electrons. The largest absolute Gasteiger partial charge is 0.743 e. The van der Waals surface area contributed by atoms with Gasteiger partial charge in [-0.3, -0.25) is 4.79 Å². The van der Waals surface area contributed by atoms with E-state index in [0.29, 0.717) is 23.8 Å². The Morgan fingerprint density at radius 1 is 0.872 bits per heavy atom. The van der Waals surface area contributed by atoms with Crippen LogP contribution in [-0.4, -0.2) is 49.4 Å². The van der Waals surface area contributed by atoms with E-state index in [4.69, 9.17) is 4.74 Å². The van der Waals surface area contributed by atoms with E-state index in [-0.39, 0.29) is 22.9 Å². The predicted octanol–water partition coefficient (Wildman–Crippen LogP) is 7.85. The molecule has 4 aliphatic rings. The first-order valence-corrected chi connectivity index (χ1v) is 18.5. The summed E-state index contributed by atoms with van der Waals surface area (Å²) < 4.78 is 143. The number of hydrogen-bond donors (Lipinski definition) is 0. The zero-order chi connectivity index (χ0) is 36.0. The first-order chi connectivity index (χ1) is 21.3. The van der Waals surface area contributed by atoms with Crippen LogP contribution < -0.4 is 4.18 Å². The fraction of sp³-hybridized carbons (Fsp3) is 0.774. The first-order valence-electron chi connectivity index (χ1n) is 15.7. The average molecular weight is 722 g/mol. The number of benzene rings is 1. The molecule has 1 aromatic rings. The van der Waals surface area contributed by atoms with Gasteiger partial charge in [-0.25, -0.2) is 8.42 Å². The molecule has 0 aromatic heterocycles. The van der Waals surface area contributed by atoms with Gasteiger partial charge in [0.1, 0.15) is 11.4 Å². The zero-order valence-electron chi connectivity index (χ0n) is 27.2. The number of carbonyl (C=O) groups is 1. The van der Waals surface area contributed by atoms with Gasteiger partial charge in [0.2, 0.25) is 0 Å². The summed E-state index contributed by atoms with van der Waals surface area (Å²) in [6, 6.07) is 4.09. The smallest absolute Gasteiger partial charge is 0.450 e. The summed E-state index contributed by atoms with van der Waals surface area (Å²) in [4.78, 5) is 12.6. The van der Waals surface area contributed by atoms with Gasteiger partial charge in [-0.2, -0.15) is 34.8 Å². The van der Waals surface area contributed by atoms with Gasteiger partial charge in [-0.05, 0) is 112 Å². The molecule has 270 valence electrons. The molecule has 0 N–H and O–H groups in total. The summed E-state index contributed by atoms with van der Waals surface area (Å²) in [5.74, 6) is -4.87. The number of ether oxygens (including phenoxy) is 1. The SMILES string of the molecule is CCC(C)(C)C(=O)OC1(CC)C2CC3CC(C2)CC1C3.CCC(C)c1ccc(OS(=O)(=O)C(F)(F)C(F)(F)C(F)(F)S(=O)(=O)[O-])cc1. The Morgan fingerprint density at radius 3 is 1.72 bits per heavy atom. The summed E-state index contributed by atoms with van der Waals surface area (Å²) in [5, 5.41) is -13.7. The number of halogens is 6. The number of carbonyl (C=O) groups excluding carboxylic acids is 1. The molecule has 4 aliphatic carbocycles. The molecule has 1 aromatic carbocycles. The van der Waals surface area contributed by atoms with E-state index < -0.39 is 42.4 Å². The van der Waals surface area contributed by atoms with Gasteiger partial charge < -0.3 is 13.5 Å². The van der Waals surface area contributed by atoms with Crippen LogP contribution in [0.4, 0.5) is 26.3 Å². The summed E-state index contributed by atoms with van der Waals surface area (Å²) in [7, 11) is -14.1. The van der Waals surface area contributed by atoms with Crippen molar-refractivity contribution in [1.29, 1.82) is 0 Å². The Balaban J connectivity index is 0.000000265. The van der Waals surface area contributed by atoms with E-state index in [9.17, 15) is 52.5 Å². The monoisotopic (exact) mass is 721 g/mol. The van der Waals surface area contributed by atoms with E-state index in [1.54, 1.807) is 6.92 Å². The molecule has 4 fully saturated rings. The van der Waals surface area contributed by atoms with Crippen LogP contribution in [0, 0.1) is 29.1 Å². The Labute approximate surface area is 272 Å². The van der Waals surface area contributed by atoms with Gasteiger partial charge in [0.15, 0.2) is 10.1 Å². The Hall–Kier alpha value is -2.07. The highest BCUT2D eigenvalue weighted by molar-refractivity contribution is 7.88. The minimum absolute atomic E-state index is 0.0256. The number of rotatable bonds is 12. The Kier molecular flexibility index (Phi) is 11.2.